The van der Waals surface area contributed by atoms with E-state index < -0.39 is 46.4 Å². The van der Waals surface area contributed by atoms with Crippen LogP contribution >= 0.6 is 11.6 Å². The number of pyridine rings is 1. The first-order chi connectivity index (χ1) is 17.9. The zero-order valence-corrected chi connectivity index (χ0v) is 21.3. The highest BCUT2D eigenvalue weighted by Crippen LogP contribution is 2.34. The lowest BCUT2D eigenvalue weighted by Crippen LogP contribution is -2.47. The molecule has 2 aliphatic rings. The molecule has 14 heteroatoms. The Hall–Kier alpha value is -3.03. The maximum Gasteiger partial charge on any atom is 0.416 e. The summed E-state index contributed by atoms with van der Waals surface area (Å²) in [6.45, 7) is 4.17. The van der Waals surface area contributed by atoms with E-state index in [-0.39, 0.29) is 30.3 Å². The van der Waals surface area contributed by atoms with Crippen LogP contribution in [0.3, 0.4) is 0 Å². The van der Waals surface area contributed by atoms with Crippen molar-refractivity contribution in [3.05, 3.63) is 52.2 Å². The van der Waals surface area contributed by atoms with Crippen LogP contribution in [0.4, 0.5) is 38.3 Å². The molecular formula is C24H25ClF5N5O3. The molecule has 0 spiro atoms. The van der Waals surface area contributed by atoms with Crippen molar-refractivity contribution in [3.8, 4) is 0 Å². The second-order valence-electron chi connectivity index (χ2n) is 9.01. The van der Waals surface area contributed by atoms with E-state index in [1.165, 1.54) is 18.9 Å². The van der Waals surface area contributed by atoms with Crippen LogP contribution in [0, 0.1) is 18.6 Å². The van der Waals surface area contributed by atoms with Crippen molar-refractivity contribution < 1.29 is 36.3 Å². The zero-order chi connectivity index (χ0) is 27.8. The van der Waals surface area contributed by atoms with Gasteiger partial charge in [0.2, 0.25) is 0 Å². The fourth-order valence-electron chi connectivity index (χ4n) is 4.43. The van der Waals surface area contributed by atoms with Gasteiger partial charge in [0.05, 0.1) is 31.0 Å². The Morgan fingerprint density at radius 1 is 1.18 bits per heavy atom. The number of alkyl halides is 3. The summed E-state index contributed by atoms with van der Waals surface area (Å²) in [5.41, 5.74) is -1.39. The number of aromatic nitrogens is 1. The Bertz CT molecular complexity index is 1220. The van der Waals surface area contributed by atoms with Crippen LogP contribution in [0.15, 0.2) is 24.3 Å². The lowest BCUT2D eigenvalue weighted by atomic mass is 10.1. The van der Waals surface area contributed by atoms with Crippen molar-refractivity contribution in [3.63, 3.8) is 0 Å². The van der Waals surface area contributed by atoms with Crippen LogP contribution in [0.5, 0.6) is 0 Å². The van der Waals surface area contributed by atoms with E-state index in [0.717, 1.165) is 28.0 Å². The minimum Gasteiger partial charge on any atom is -0.379 e. The summed E-state index contributed by atoms with van der Waals surface area (Å²) in [4.78, 5) is 36.3. The molecule has 1 atom stereocenters. The number of carbonyl (C=O) groups excluding carboxylic acids is 2. The summed E-state index contributed by atoms with van der Waals surface area (Å²) in [6, 6.07) is 1.38. The number of anilines is 2. The topological polar surface area (TPSA) is 69.2 Å². The lowest BCUT2D eigenvalue weighted by Gasteiger charge is -2.28. The molecule has 0 aliphatic carbocycles. The number of likely N-dealkylation sites (N-methyl/N-ethyl adjacent to an activating group) is 1. The number of benzene rings is 1. The van der Waals surface area contributed by atoms with Gasteiger partial charge in [-0.05, 0) is 31.2 Å². The summed E-state index contributed by atoms with van der Waals surface area (Å²) < 4.78 is 74.3. The van der Waals surface area contributed by atoms with E-state index in [1.807, 2.05) is 0 Å². The number of aryl methyl sites for hydroxylation is 1. The molecule has 0 saturated carbocycles. The number of amides is 3. The van der Waals surface area contributed by atoms with Gasteiger partial charge in [0.25, 0.3) is 5.91 Å². The number of halogens is 6. The minimum atomic E-state index is -4.72. The number of morpholine rings is 1. The standard InChI is InChI=1S/C24H25ClF5N5O3/c1-14-11-15(24(28,29)30)12-19(31-14)35-18(13-34(23(35)37)6-5-33-7-9-38-10-8-33)22(36)32(2)17-4-3-16(26)20(25)21(17)27/h3-4,11-12,18H,5-10,13H2,1-2H3/t18-/m0/s1. The largest absolute Gasteiger partial charge is 0.416 e. The van der Waals surface area contributed by atoms with Crippen molar-refractivity contribution in [2.45, 2.75) is 19.1 Å². The summed E-state index contributed by atoms with van der Waals surface area (Å²) in [6.07, 6.45) is -4.72. The molecule has 4 rings (SSSR count). The number of nitrogens with zero attached hydrogens (tertiary/aromatic N) is 5. The first kappa shape index (κ1) is 28.0. The molecule has 2 aromatic rings. The molecule has 0 bridgehead atoms. The summed E-state index contributed by atoms with van der Waals surface area (Å²) in [5, 5.41) is -0.816. The quantitative estimate of drug-likeness (QED) is 0.395. The molecule has 0 unspecified atom stereocenters. The minimum absolute atomic E-state index is 0.00898. The van der Waals surface area contributed by atoms with Crippen LogP contribution in [0.25, 0.3) is 0 Å². The zero-order valence-electron chi connectivity index (χ0n) is 20.6. The molecule has 8 nitrogen and oxygen atoms in total. The fourth-order valence-corrected chi connectivity index (χ4v) is 4.59. The van der Waals surface area contributed by atoms with E-state index in [2.05, 4.69) is 9.88 Å². The highest BCUT2D eigenvalue weighted by molar-refractivity contribution is 6.31. The number of rotatable bonds is 6. The van der Waals surface area contributed by atoms with Crippen LogP contribution in [0.2, 0.25) is 5.02 Å². The predicted molar refractivity (Wildman–Crippen MR) is 129 cm³/mol. The van der Waals surface area contributed by atoms with Gasteiger partial charge in [-0.25, -0.2) is 18.6 Å². The van der Waals surface area contributed by atoms with Gasteiger partial charge in [0.15, 0.2) is 5.82 Å². The molecular weight excluding hydrogens is 537 g/mol. The number of ether oxygens (including phenoxy) is 1. The molecule has 2 saturated heterocycles. The van der Waals surface area contributed by atoms with Crippen molar-refractivity contribution >= 4 is 35.0 Å². The molecule has 3 heterocycles. The molecule has 0 radical (unpaired) electrons. The highest BCUT2D eigenvalue weighted by atomic mass is 35.5. The third-order valence-electron chi connectivity index (χ3n) is 6.48. The first-order valence-electron chi connectivity index (χ1n) is 11.7. The van der Waals surface area contributed by atoms with E-state index in [1.54, 1.807) is 0 Å². The van der Waals surface area contributed by atoms with Crippen molar-refractivity contribution in [2.24, 2.45) is 0 Å². The van der Waals surface area contributed by atoms with Gasteiger partial charge in [-0.1, -0.05) is 11.6 Å². The Kier molecular flexibility index (Phi) is 8.09. The van der Waals surface area contributed by atoms with E-state index >= 15 is 0 Å². The van der Waals surface area contributed by atoms with Gasteiger partial charge < -0.3 is 14.5 Å². The van der Waals surface area contributed by atoms with Gasteiger partial charge in [-0.3, -0.25) is 14.6 Å². The van der Waals surface area contributed by atoms with Gasteiger partial charge in [-0.15, -0.1) is 0 Å². The third kappa shape index (κ3) is 5.69. The normalized spacial score (nSPS) is 18.8. The molecule has 2 aliphatic heterocycles. The third-order valence-corrected chi connectivity index (χ3v) is 6.82. The van der Waals surface area contributed by atoms with Gasteiger partial charge in [0, 0.05) is 38.9 Å². The van der Waals surface area contributed by atoms with Crippen LogP contribution < -0.4 is 9.80 Å². The average molecular weight is 562 g/mol. The monoisotopic (exact) mass is 561 g/mol. The Morgan fingerprint density at radius 3 is 2.53 bits per heavy atom. The number of hydrogen-bond donors (Lipinski definition) is 0. The Balaban J connectivity index is 1.68. The van der Waals surface area contributed by atoms with Gasteiger partial charge in [0.1, 0.15) is 22.7 Å². The number of hydrogen-bond acceptors (Lipinski definition) is 5. The molecule has 3 amide bonds. The van der Waals surface area contributed by atoms with Crippen LogP contribution in [-0.2, 0) is 15.7 Å². The second kappa shape index (κ2) is 11.0. The number of carbonyl (C=O) groups is 2. The summed E-state index contributed by atoms with van der Waals surface area (Å²) in [5.74, 6) is -3.38. The lowest BCUT2D eigenvalue weighted by molar-refractivity contribution is -0.137. The summed E-state index contributed by atoms with van der Waals surface area (Å²) in [7, 11) is 1.21. The van der Waals surface area contributed by atoms with E-state index in [0.29, 0.717) is 38.9 Å². The molecule has 38 heavy (non-hydrogen) atoms. The van der Waals surface area contributed by atoms with Crippen LogP contribution in [0.1, 0.15) is 11.3 Å². The predicted octanol–water partition coefficient (Wildman–Crippen LogP) is 3.95. The Morgan fingerprint density at radius 2 is 1.87 bits per heavy atom. The van der Waals surface area contributed by atoms with Crippen molar-refractivity contribution in [1.82, 2.24) is 14.8 Å². The molecule has 0 N–H and O–H groups in total. The summed E-state index contributed by atoms with van der Waals surface area (Å²) >= 11 is 5.66. The van der Waals surface area contributed by atoms with Crippen LogP contribution in [-0.4, -0.2) is 85.7 Å². The molecule has 2 fully saturated rings. The smallest absolute Gasteiger partial charge is 0.379 e. The fraction of sp³-hybridized carbons (Fsp3) is 0.458. The highest BCUT2D eigenvalue weighted by Gasteiger charge is 2.45. The molecule has 1 aromatic heterocycles. The van der Waals surface area contributed by atoms with Crippen molar-refractivity contribution in [1.29, 1.82) is 0 Å². The maximum absolute atomic E-state index is 14.7. The number of urea groups is 1. The Labute approximate surface area is 220 Å². The van der Waals surface area contributed by atoms with E-state index in [9.17, 15) is 31.5 Å². The first-order valence-corrected chi connectivity index (χ1v) is 12.1. The van der Waals surface area contributed by atoms with E-state index in [4.69, 9.17) is 16.3 Å². The SMILES string of the molecule is Cc1cc(C(F)(F)F)cc(N2C(=O)N(CCN3CCOCC3)C[C@H]2C(=O)N(C)c2ccc(F)c(Cl)c2F)n1. The molecule has 1 aromatic carbocycles. The van der Waals surface area contributed by atoms with Crippen molar-refractivity contribution in [2.75, 3.05) is 62.8 Å². The average Bonchev–Trinajstić information content (AvgIpc) is 3.21. The second-order valence-corrected chi connectivity index (χ2v) is 9.39. The molecule has 206 valence electrons. The van der Waals surface area contributed by atoms with Gasteiger partial charge in [-0.2, -0.15) is 13.2 Å². The van der Waals surface area contributed by atoms with Gasteiger partial charge >= 0.3 is 12.2 Å². The maximum atomic E-state index is 14.7.